The van der Waals surface area contributed by atoms with Crippen LogP contribution in [-0.4, -0.2) is 29.2 Å². The maximum absolute atomic E-state index is 13.6. The molecule has 0 unspecified atom stereocenters. The van der Waals surface area contributed by atoms with Crippen LogP contribution in [0.2, 0.25) is 0 Å². The molecule has 0 saturated heterocycles. The van der Waals surface area contributed by atoms with E-state index < -0.39 is 30.8 Å². The first-order valence-corrected chi connectivity index (χ1v) is 9.21. The molecule has 0 aliphatic heterocycles. The molecule has 0 aliphatic rings. The summed E-state index contributed by atoms with van der Waals surface area (Å²) in [5.74, 6) is -2.92. The van der Waals surface area contributed by atoms with Gasteiger partial charge in [-0.25, -0.2) is 13.8 Å². The minimum Gasteiger partial charge on any atom is -0.432 e. The molecule has 1 amide bonds. The molecule has 2 N–H and O–H groups in total. The smallest absolute Gasteiger partial charge is 0.387 e. The van der Waals surface area contributed by atoms with Gasteiger partial charge in [0.1, 0.15) is 12.3 Å². The van der Waals surface area contributed by atoms with Crippen LogP contribution in [0.4, 0.5) is 17.6 Å². The van der Waals surface area contributed by atoms with Gasteiger partial charge in [0.05, 0.1) is 0 Å². The van der Waals surface area contributed by atoms with Crippen LogP contribution in [0, 0.1) is 11.6 Å². The number of alkyl halides is 2. The van der Waals surface area contributed by atoms with Crippen LogP contribution < -0.4 is 10.1 Å². The summed E-state index contributed by atoms with van der Waals surface area (Å²) in [7, 11) is 0. The summed E-state index contributed by atoms with van der Waals surface area (Å²) in [5.41, 5.74) is 2.25. The van der Waals surface area contributed by atoms with E-state index in [0.717, 1.165) is 23.3 Å². The normalized spacial score (nSPS) is 10.9. The van der Waals surface area contributed by atoms with Gasteiger partial charge >= 0.3 is 6.61 Å². The topological polar surface area (TPSA) is 71.5 Å². The Hall–Kier alpha value is -3.46. The Balaban J connectivity index is 1.83. The number of pyridine rings is 1. The van der Waals surface area contributed by atoms with Crippen LogP contribution in [0.25, 0.3) is 11.3 Å². The molecule has 0 fully saturated rings. The molecule has 162 valence electrons. The largest absolute Gasteiger partial charge is 0.432 e. The average Bonchev–Trinajstić information content (AvgIpc) is 2.75. The van der Waals surface area contributed by atoms with Crippen molar-refractivity contribution in [3.8, 4) is 17.0 Å². The Morgan fingerprint density at radius 3 is 2.35 bits per heavy atom. The van der Waals surface area contributed by atoms with Gasteiger partial charge in [-0.1, -0.05) is 24.3 Å². The number of aliphatic hydroxyl groups is 1. The van der Waals surface area contributed by atoms with E-state index in [9.17, 15) is 22.4 Å². The fraction of sp³-hybridized carbons (Fsp3) is 0.182. The fourth-order valence-corrected chi connectivity index (χ4v) is 2.87. The summed E-state index contributed by atoms with van der Waals surface area (Å²) in [6, 6.07) is 13.0. The Bertz CT molecular complexity index is 1060. The van der Waals surface area contributed by atoms with Gasteiger partial charge in [-0.05, 0) is 41.5 Å². The van der Waals surface area contributed by atoms with E-state index in [0.29, 0.717) is 12.1 Å². The lowest BCUT2D eigenvalue weighted by molar-refractivity contribution is -0.123. The number of hydrogen-bond acceptors (Lipinski definition) is 4. The molecular weight excluding hydrogens is 416 g/mol. The maximum atomic E-state index is 13.6. The molecule has 1 aromatic heterocycles. The van der Waals surface area contributed by atoms with Crippen LogP contribution in [0.15, 0.2) is 54.6 Å². The first-order valence-electron chi connectivity index (χ1n) is 9.21. The number of ether oxygens (including phenoxy) is 1. The number of aliphatic hydroxyl groups excluding tert-OH is 1. The zero-order chi connectivity index (χ0) is 22.4. The number of nitrogens with one attached hydrogen (secondary N) is 1. The zero-order valence-corrected chi connectivity index (χ0v) is 16.1. The number of hydrogen-bond donors (Lipinski definition) is 2. The predicted octanol–water partition coefficient (Wildman–Crippen LogP) is 3.83. The van der Waals surface area contributed by atoms with Crippen molar-refractivity contribution < 1.29 is 32.2 Å². The van der Waals surface area contributed by atoms with Crippen LogP contribution >= 0.6 is 0 Å². The van der Waals surface area contributed by atoms with Crippen molar-refractivity contribution in [1.82, 2.24) is 10.3 Å². The molecule has 5 nitrogen and oxygen atoms in total. The highest BCUT2D eigenvalue weighted by Gasteiger charge is 2.16. The van der Waals surface area contributed by atoms with E-state index in [-0.39, 0.29) is 23.6 Å². The van der Waals surface area contributed by atoms with Crippen molar-refractivity contribution in [2.45, 2.75) is 19.6 Å². The molecule has 0 bridgehead atoms. The quantitative estimate of drug-likeness (QED) is 0.529. The predicted molar refractivity (Wildman–Crippen MR) is 104 cm³/mol. The molecule has 31 heavy (non-hydrogen) atoms. The summed E-state index contributed by atoms with van der Waals surface area (Å²) in [5, 5.41) is 11.3. The lowest BCUT2D eigenvalue weighted by atomic mass is 10.0. The van der Waals surface area contributed by atoms with Crippen LogP contribution in [0.3, 0.4) is 0 Å². The van der Waals surface area contributed by atoms with Crippen LogP contribution in [0.1, 0.15) is 16.8 Å². The molecule has 0 aliphatic carbocycles. The third-order valence-corrected chi connectivity index (χ3v) is 4.37. The number of carbonyl (C=O) groups is 1. The van der Waals surface area contributed by atoms with E-state index >= 15 is 0 Å². The number of benzene rings is 2. The number of halogens is 4. The number of nitrogens with zero attached hydrogens (tertiary/aromatic N) is 1. The molecule has 0 saturated carbocycles. The molecule has 1 heterocycles. The summed E-state index contributed by atoms with van der Waals surface area (Å²) in [6.45, 7) is -3.43. The van der Waals surface area contributed by atoms with Gasteiger partial charge in [0, 0.05) is 24.2 Å². The minimum absolute atomic E-state index is 0.0277. The van der Waals surface area contributed by atoms with Crippen molar-refractivity contribution in [2.24, 2.45) is 0 Å². The number of rotatable bonds is 8. The van der Waals surface area contributed by atoms with Gasteiger partial charge in [-0.2, -0.15) is 8.78 Å². The number of amides is 1. The summed E-state index contributed by atoms with van der Waals surface area (Å²) >= 11 is 0. The van der Waals surface area contributed by atoms with Crippen molar-refractivity contribution in [3.63, 3.8) is 0 Å². The molecular formula is C22H18F4N2O3. The molecule has 3 rings (SSSR count). The molecule has 3 aromatic rings. The molecule has 0 radical (unpaired) electrons. The zero-order valence-electron chi connectivity index (χ0n) is 16.1. The maximum Gasteiger partial charge on any atom is 0.387 e. The van der Waals surface area contributed by atoms with Gasteiger partial charge in [0.15, 0.2) is 17.4 Å². The average molecular weight is 434 g/mol. The SMILES string of the molecule is O=C(CO)NCc1ccc(Cc2ccc(OC(F)F)c(-c3ccc(F)c(F)c3)n2)cc1. The Morgan fingerprint density at radius 1 is 1.00 bits per heavy atom. The van der Waals surface area contributed by atoms with E-state index in [1.165, 1.54) is 18.2 Å². The highest BCUT2D eigenvalue weighted by molar-refractivity contribution is 5.76. The molecule has 2 aromatic carbocycles. The van der Waals surface area contributed by atoms with Gasteiger partial charge in [-0.15, -0.1) is 0 Å². The van der Waals surface area contributed by atoms with E-state index in [1.54, 1.807) is 12.1 Å². The molecule has 0 spiro atoms. The van der Waals surface area contributed by atoms with Gasteiger partial charge in [0.2, 0.25) is 5.91 Å². The lowest BCUT2D eigenvalue weighted by Crippen LogP contribution is -2.25. The van der Waals surface area contributed by atoms with Crippen molar-refractivity contribution >= 4 is 5.91 Å². The van der Waals surface area contributed by atoms with Crippen molar-refractivity contribution in [2.75, 3.05) is 6.61 Å². The molecule has 9 heteroatoms. The first kappa shape index (κ1) is 22.2. The van der Waals surface area contributed by atoms with Crippen LogP contribution in [-0.2, 0) is 17.8 Å². The Labute approximate surface area is 175 Å². The van der Waals surface area contributed by atoms with Gasteiger partial charge < -0.3 is 15.2 Å². The summed E-state index contributed by atoms with van der Waals surface area (Å²) in [6.07, 6.45) is 0.342. The van der Waals surface area contributed by atoms with Crippen LogP contribution in [0.5, 0.6) is 5.75 Å². The second-order valence-corrected chi connectivity index (χ2v) is 6.58. The third kappa shape index (κ3) is 6.02. The monoisotopic (exact) mass is 434 g/mol. The van der Waals surface area contributed by atoms with Gasteiger partial charge in [0.25, 0.3) is 0 Å². The van der Waals surface area contributed by atoms with Crippen molar-refractivity contribution in [1.29, 1.82) is 0 Å². The third-order valence-electron chi connectivity index (χ3n) is 4.37. The second-order valence-electron chi connectivity index (χ2n) is 6.58. The summed E-state index contributed by atoms with van der Waals surface area (Å²) in [4.78, 5) is 15.4. The highest BCUT2D eigenvalue weighted by Crippen LogP contribution is 2.31. The molecule has 0 atom stereocenters. The van der Waals surface area contributed by atoms with Gasteiger partial charge in [-0.3, -0.25) is 4.79 Å². The first-order chi connectivity index (χ1) is 14.9. The van der Waals surface area contributed by atoms with E-state index in [4.69, 9.17) is 5.11 Å². The number of aromatic nitrogens is 1. The van der Waals surface area contributed by atoms with E-state index in [2.05, 4.69) is 15.0 Å². The summed E-state index contributed by atoms with van der Waals surface area (Å²) < 4.78 is 56.9. The lowest BCUT2D eigenvalue weighted by Gasteiger charge is -2.12. The number of carbonyl (C=O) groups excluding carboxylic acids is 1. The minimum atomic E-state index is -3.10. The van der Waals surface area contributed by atoms with Crippen molar-refractivity contribution in [3.05, 3.63) is 83.1 Å². The second kappa shape index (κ2) is 10.0. The Kier molecular flexibility index (Phi) is 7.19. The standard InChI is InChI=1S/C22H18F4N2O3/c23-17-7-5-15(10-18(17)24)21-19(31-22(25)26)8-6-16(28-21)9-13-1-3-14(4-2-13)11-27-20(30)12-29/h1-8,10,22,29H,9,11-12H2,(H,27,30). The highest BCUT2D eigenvalue weighted by atomic mass is 19.3. The van der Waals surface area contributed by atoms with E-state index in [1.807, 2.05) is 12.1 Å². The Morgan fingerprint density at radius 2 is 1.71 bits per heavy atom. The fourth-order valence-electron chi connectivity index (χ4n) is 2.87.